The van der Waals surface area contributed by atoms with E-state index in [0.29, 0.717) is 0 Å². The zero-order valence-corrected chi connectivity index (χ0v) is 13.6. The molecular formula is C15H18BrNOS. The molecule has 0 saturated carbocycles. The third kappa shape index (κ3) is 3.59. The van der Waals surface area contributed by atoms with Gasteiger partial charge in [0, 0.05) is 9.85 Å². The van der Waals surface area contributed by atoms with Crippen LogP contribution in [0.25, 0.3) is 0 Å². The zero-order chi connectivity index (χ0) is 13.7. The summed E-state index contributed by atoms with van der Waals surface area (Å²) in [5.41, 5.74) is 2.48. The van der Waals surface area contributed by atoms with Crippen LogP contribution in [-0.2, 0) is 0 Å². The molecule has 1 aromatic heterocycles. The maximum absolute atomic E-state index is 5.70. The fourth-order valence-corrected chi connectivity index (χ4v) is 3.55. The third-order valence-corrected chi connectivity index (χ3v) is 4.66. The van der Waals surface area contributed by atoms with E-state index < -0.39 is 0 Å². The molecule has 0 aliphatic rings. The molecule has 0 spiro atoms. The minimum absolute atomic E-state index is 0.186. The van der Waals surface area contributed by atoms with Gasteiger partial charge in [-0.25, -0.2) is 0 Å². The highest BCUT2D eigenvalue weighted by Gasteiger charge is 2.16. The van der Waals surface area contributed by atoms with Crippen molar-refractivity contribution < 1.29 is 4.74 Å². The number of hydrogen-bond acceptors (Lipinski definition) is 3. The van der Waals surface area contributed by atoms with Crippen LogP contribution in [-0.4, -0.2) is 13.7 Å². The molecule has 0 radical (unpaired) electrons. The molecule has 2 aromatic rings. The van der Waals surface area contributed by atoms with E-state index in [4.69, 9.17) is 4.74 Å². The van der Waals surface area contributed by atoms with E-state index in [0.717, 1.165) is 23.2 Å². The van der Waals surface area contributed by atoms with Crippen LogP contribution in [0.1, 0.15) is 30.5 Å². The molecule has 1 heterocycles. The first-order chi connectivity index (χ1) is 9.26. The second-order valence-electron chi connectivity index (χ2n) is 4.32. The van der Waals surface area contributed by atoms with Crippen molar-refractivity contribution in [2.45, 2.75) is 19.4 Å². The van der Waals surface area contributed by atoms with Crippen molar-refractivity contribution in [2.75, 3.05) is 13.7 Å². The van der Waals surface area contributed by atoms with Gasteiger partial charge in [0.25, 0.3) is 0 Å². The molecule has 4 heteroatoms. The van der Waals surface area contributed by atoms with Gasteiger partial charge in [0.05, 0.1) is 12.6 Å². The highest BCUT2D eigenvalue weighted by Crippen LogP contribution is 2.32. The second kappa shape index (κ2) is 7.08. The highest BCUT2D eigenvalue weighted by molar-refractivity contribution is 9.10. The number of ether oxygens (including phenoxy) is 1. The number of benzene rings is 1. The fourth-order valence-electron chi connectivity index (χ4n) is 2.00. The van der Waals surface area contributed by atoms with Crippen molar-refractivity contribution in [1.82, 2.24) is 5.32 Å². The van der Waals surface area contributed by atoms with Gasteiger partial charge in [0.2, 0.25) is 0 Å². The number of halogens is 1. The van der Waals surface area contributed by atoms with Crippen LogP contribution in [0.3, 0.4) is 0 Å². The summed E-state index contributed by atoms with van der Waals surface area (Å²) in [4.78, 5) is 0. The van der Waals surface area contributed by atoms with Crippen molar-refractivity contribution in [1.29, 1.82) is 0 Å². The molecule has 0 fully saturated rings. The number of hydrogen-bond donors (Lipinski definition) is 1. The van der Waals surface area contributed by atoms with E-state index in [1.54, 1.807) is 11.3 Å². The van der Waals surface area contributed by atoms with Gasteiger partial charge in [-0.1, -0.05) is 19.1 Å². The van der Waals surface area contributed by atoms with E-state index in [9.17, 15) is 0 Å². The Bertz CT molecular complexity index is 526. The molecule has 2 nitrogen and oxygen atoms in total. The van der Waals surface area contributed by atoms with Crippen molar-refractivity contribution in [3.8, 4) is 5.75 Å². The lowest BCUT2D eigenvalue weighted by molar-refractivity contribution is 0.317. The molecule has 0 aliphatic heterocycles. The summed E-state index contributed by atoms with van der Waals surface area (Å²) in [6.07, 6.45) is 1.02. The Morgan fingerprint density at radius 2 is 2.21 bits per heavy atom. The summed E-state index contributed by atoms with van der Waals surface area (Å²) in [6, 6.07) is 8.48. The van der Waals surface area contributed by atoms with Crippen LogP contribution < -0.4 is 10.1 Å². The smallest absolute Gasteiger partial charge is 0.119 e. The van der Waals surface area contributed by atoms with E-state index in [-0.39, 0.29) is 6.04 Å². The molecule has 0 amide bonds. The number of rotatable bonds is 6. The predicted molar refractivity (Wildman–Crippen MR) is 85.1 cm³/mol. The summed E-state index contributed by atoms with van der Waals surface area (Å²) in [6.45, 7) is 2.87. The monoisotopic (exact) mass is 339 g/mol. The first-order valence-corrected chi connectivity index (χ1v) is 8.11. The third-order valence-electron chi connectivity index (χ3n) is 2.91. The van der Waals surface area contributed by atoms with E-state index in [1.165, 1.54) is 11.1 Å². The minimum Gasteiger partial charge on any atom is -0.494 e. The van der Waals surface area contributed by atoms with E-state index in [2.05, 4.69) is 51.1 Å². The fraction of sp³-hybridized carbons (Fsp3) is 0.333. The molecule has 1 N–H and O–H groups in total. The molecule has 2 rings (SSSR count). The van der Waals surface area contributed by atoms with Gasteiger partial charge < -0.3 is 10.1 Å². The average molecular weight is 340 g/mol. The van der Waals surface area contributed by atoms with Crippen LogP contribution in [0, 0.1) is 0 Å². The molecule has 1 unspecified atom stereocenters. The lowest BCUT2D eigenvalue weighted by Crippen LogP contribution is -2.17. The molecule has 1 atom stereocenters. The Labute approximate surface area is 126 Å². The van der Waals surface area contributed by atoms with Crippen molar-refractivity contribution in [2.24, 2.45) is 0 Å². The Balaban J connectivity index is 2.26. The quantitative estimate of drug-likeness (QED) is 0.829. The molecule has 0 saturated heterocycles. The van der Waals surface area contributed by atoms with Crippen molar-refractivity contribution >= 4 is 27.3 Å². The number of thiophene rings is 1. The van der Waals surface area contributed by atoms with Crippen molar-refractivity contribution in [3.63, 3.8) is 0 Å². The molecule has 102 valence electrons. The highest BCUT2D eigenvalue weighted by atomic mass is 79.9. The topological polar surface area (TPSA) is 21.3 Å². The largest absolute Gasteiger partial charge is 0.494 e. The van der Waals surface area contributed by atoms with E-state index >= 15 is 0 Å². The molecule has 0 bridgehead atoms. The SMILES string of the molecule is CCCOc1cccc(C(NC)c2cscc2Br)c1. The summed E-state index contributed by atoms with van der Waals surface area (Å²) < 4.78 is 6.85. The normalized spacial score (nSPS) is 12.4. The summed E-state index contributed by atoms with van der Waals surface area (Å²) >= 11 is 5.31. The van der Waals surface area contributed by atoms with Crippen LogP contribution >= 0.6 is 27.3 Å². The Kier molecular flexibility index (Phi) is 5.43. The molecule has 19 heavy (non-hydrogen) atoms. The van der Waals surface area contributed by atoms with Crippen LogP contribution in [0.5, 0.6) is 5.75 Å². The van der Waals surface area contributed by atoms with Crippen molar-refractivity contribution in [3.05, 3.63) is 50.6 Å². The zero-order valence-electron chi connectivity index (χ0n) is 11.2. The average Bonchev–Trinajstić information content (AvgIpc) is 2.84. The molecule has 1 aromatic carbocycles. The van der Waals surface area contributed by atoms with Gasteiger partial charge in [-0.05, 0) is 58.0 Å². The van der Waals surface area contributed by atoms with Gasteiger partial charge in [-0.2, -0.15) is 11.3 Å². The molecule has 0 aliphatic carbocycles. The standard InChI is InChI=1S/C15H18BrNOS/c1-3-7-18-12-6-4-5-11(8-12)15(17-2)13-9-19-10-14(13)16/h4-6,8-10,15,17H,3,7H2,1-2H3. The van der Waals surface area contributed by atoms with Crippen LogP contribution in [0.15, 0.2) is 39.5 Å². The van der Waals surface area contributed by atoms with Gasteiger partial charge >= 0.3 is 0 Å². The van der Waals surface area contributed by atoms with Gasteiger partial charge in [0.1, 0.15) is 5.75 Å². The summed E-state index contributed by atoms with van der Waals surface area (Å²) in [7, 11) is 1.98. The minimum atomic E-state index is 0.186. The van der Waals surface area contributed by atoms with Gasteiger partial charge in [0.15, 0.2) is 0 Å². The lowest BCUT2D eigenvalue weighted by Gasteiger charge is -2.17. The summed E-state index contributed by atoms with van der Waals surface area (Å²) in [5, 5.41) is 7.65. The van der Waals surface area contributed by atoms with Gasteiger partial charge in [-0.3, -0.25) is 0 Å². The number of nitrogens with one attached hydrogen (secondary N) is 1. The lowest BCUT2D eigenvalue weighted by atomic mass is 10.0. The van der Waals surface area contributed by atoms with Crippen LogP contribution in [0.4, 0.5) is 0 Å². The van der Waals surface area contributed by atoms with Crippen LogP contribution in [0.2, 0.25) is 0 Å². The summed E-state index contributed by atoms with van der Waals surface area (Å²) in [5.74, 6) is 0.936. The second-order valence-corrected chi connectivity index (χ2v) is 5.92. The predicted octanol–water partition coefficient (Wildman–Crippen LogP) is 4.61. The van der Waals surface area contributed by atoms with Gasteiger partial charge in [-0.15, -0.1) is 0 Å². The Hall–Kier alpha value is -0.840. The first kappa shape index (κ1) is 14.6. The molecular weight excluding hydrogens is 322 g/mol. The Morgan fingerprint density at radius 3 is 2.84 bits per heavy atom. The maximum Gasteiger partial charge on any atom is 0.119 e. The van der Waals surface area contributed by atoms with E-state index in [1.807, 2.05) is 19.2 Å². The Morgan fingerprint density at radius 1 is 1.37 bits per heavy atom. The first-order valence-electron chi connectivity index (χ1n) is 6.38. The maximum atomic E-state index is 5.70.